The molecule has 1 aromatic carbocycles. The quantitative estimate of drug-likeness (QED) is 0.759. The molecule has 7 heteroatoms. The number of rotatable bonds is 3. The first-order chi connectivity index (χ1) is 10.1. The third kappa shape index (κ3) is 2.36. The maximum absolute atomic E-state index is 11.4. The van der Waals surface area contributed by atoms with E-state index in [0.717, 1.165) is 5.56 Å². The molecule has 21 heavy (non-hydrogen) atoms. The average molecular weight is 348 g/mol. The number of carboxylic acid groups (broad SMARTS) is 1. The van der Waals surface area contributed by atoms with E-state index in [1.807, 2.05) is 24.3 Å². The molecule has 2 N–H and O–H groups in total. The molecule has 3 rings (SSSR count). The van der Waals surface area contributed by atoms with Crippen LogP contribution >= 0.6 is 15.9 Å². The van der Waals surface area contributed by atoms with Gasteiger partial charge in [0.2, 0.25) is 0 Å². The lowest BCUT2D eigenvalue weighted by atomic mass is 10.2. The lowest BCUT2D eigenvalue weighted by Gasteiger charge is -2.01. The van der Waals surface area contributed by atoms with Crippen LogP contribution in [0.5, 0.6) is 5.75 Å². The third-order valence-corrected chi connectivity index (χ3v) is 3.63. The second-order valence-electron chi connectivity index (χ2n) is 4.30. The standard InChI is InChI=1S/C14H10BrN3O3/c1-21-8-4-2-3-7(5-8)12-17-11-10(14(19)20)9(15)6-16-13(11)18-12/h2-6H,1H3,(H,19,20)(H,16,17,18). The van der Waals surface area contributed by atoms with Crippen molar-refractivity contribution in [1.82, 2.24) is 15.0 Å². The van der Waals surface area contributed by atoms with Crippen LogP contribution in [0.1, 0.15) is 10.4 Å². The highest BCUT2D eigenvalue weighted by atomic mass is 79.9. The van der Waals surface area contributed by atoms with Gasteiger partial charge >= 0.3 is 5.97 Å². The summed E-state index contributed by atoms with van der Waals surface area (Å²) < 4.78 is 5.58. The van der Waals surface area contributed by atoms with Crippen LogP contribution in [-0.2, 0) is 0 Å². The molecule has 0 saturated carbocycles. The van der Waals surface area contributed by atoms with Crippen molar-refractivity contribution in [3.63, 3.8) is 0 Å². The lowest BCUT2D eigenvalue weighted by molar-refractivity contribution is 0.0698. The van der Waals surface area contributed by atoms with Crippen molar-refractivity contribution >= 4 is 33.1 Å². The number of fused-ring (bicyclic) bond motifs is 1. The van der Waals surface area contributed by atoms with Gasteiger partial charge in [0.25, 0.3) is 0 Å². The van der Waals surface area contributed by atoms with Gasteiger partial charge in [-0.05, 0) is 28.1 Å². The highest BCUT2D eigenvalue weighted by molar-refractivity contribution is 9.10. The summed E-state index contributed by atoms with van der Waals surface area (Å²) in [7, 11) is 1.58. The summed E-state index contributed by atoms with van der Waals surface area (Å²) in [6, 6.07) is 7.33. The third-order valence-electron chi connectivity index (χ3n) is 3.03. The number of carbonyl (C=O) groups is 1. The first kappa shape index (κ1) is 13.6. The van der Waals surface area contributed by atoms with Crippen LogP contribution in [0, 0.1) is 0 Å². The predicted octanol–water partition coefficient (Wildman–Crippen LogP) is 3.09. The van der Waals surface area contributed by atoms with E-state index in [0.29, 0.717) is 27.2 Å². The van der Waals surface area contributed by atoms with Gasteiger partial charge in [-0.3, -0.25) is 0 Å². The molecule has 0 amide bonds. The van der Waals surface area contributed by atoms with Gasteiger partial charge in [-0.15, -0.1) is 0 Å². The molecular weight excluding hydrogens is 338 g/mol. The van der Waals surface area contributed by atoms with Gasteiger partial charge in [0.05, 0.1) is 11.6 Å². The second kappa shape index (κ2) is 5.17. The van der Waals surface area contributed by atoms with Gasteiger partial charge in [0.15, 0.2) is 5.65 Å². The first-order valence-corrected chi connectivity index (χ1v) is 6.81. The Hall–Kier alpha value is -2.41. The van der Waals surface area contributed by atoms with Crippen LogP contribution in [0.25, 0.3) is 22.6 Å². The Labute approximate surface area is 127 Å². The van der Waals surface area contributed by atoms with E-state index in [9.17, 15) is 9.90 Å². The number of H-pyrrole nitrogens is 1. The van der Waals surface area contributed by atoms with Crippen molar-refractivity contribution in [2.24, 2.45) is 0 Å². The fourth-order valence-electron chi connectivity index (χ4n) is 2.05. The number of aromatic amines is 1. The topological polar surface area (TPSA) is 88.1 Å². The number of benzene rings is 1. The van der Waals surface area contributed by atoms with E-state index < -0.39 is 5.97 Å². The number of halogens is 1. The molecule has 0 unspecified atom stereocenters. The van der Waals surface area contributed by atoms with Gasteiger partial charge in [-0.1, -0.05) is 12.1 Å². The zero-order valence-electron chi connectivity index (χ0n) is 10.9. The fourth-order valence-corrected chi connectivity index (χ4v) is 2.52. The zero-order valence-corrected chi connectivity index (χ0v) is 12.5. The molecule has 0 spiro atoms. The van der Waals surface area contributed by atoms with Gasteiger partial charge in [0.1, 0.15) is 22.7 Å². The smallest absolute Gasteiger partial charge is 0.339 e. The molecule has 0 fully saturated rings. The molecule has 0 aliphatic carbocycles. The number of hydrogen-bond acceptors (Lipinski definition) is 4. The maximum atomic E-state index is 11.4. The second-order valence-corrected chi connectivity index (χ2v) is 5.16. The number of nitrogens with one attached hydrogen (secondary N) is 1. The molecule has 106 valence electrons. The summed E-state index contributed by atoms with van der Waals surface area (Å²) in [6.07, 6.45) is 1.43. The number of aromatic nitrogens is 3. The minimum atomic E-state index is -1.05. The van der Waals surface area contributed by atoms with Crippen molar-refractivity contribution in [2.75, 3.05) is 7.11 Å². The minimum absolute atomic E-state index is 0.113. The summed E-state index contributed by atoms with van der Waals surface area (Å²) in [4.78, 5) is 22.8. The molecule has 6 nitrogen and oxygen atoms in total. The number of imidazole rings is 1. The van der Waals surface area contributed by atoms with Crippen LogP contribution in [0.4, 0.5) is 0 Å². The first-order valence-electron chi connectivity index (χ1n) is 6.02. The molecule has 0 aliphatic rings. The summed E-state index contributed by atoms with van der Waals surface area (Å²) in [5, 5.41) is 9.30. The number of aromatic carboxylic acids is 1. The molecule has 0 aliphatic heterocycles. The van der Waals surface area contributed by atoms with Crippen molar-refractivity contribution in [3.8, 4) is 17.1 Å². The highest BCUT2D eigenvalue weighted by Gasteiger charge is 2.18. The number of nitrogens with zero attached hydrogens (tertiary/aromatic N) is 2. The molecule has 0 bridgehead atoms. The van der Waals surface area contributed by atoms with Gasteiger partial charge in [0, 0.05) is 11.8 Å². The number of hydrogen-bond donors (Lipinski definition) is 2. The Morgan fingerprint density at radius 1 is 1.43 bits per heavy atom. The fraction of sp³-hybridized carbons (Fsp3) is 0.0714. The number of methoxy groups -OCH3 is 1. The van der Waals surface area contributed by atoms with E-state index in [1.54, 1.807) is 7.11 Å². The van der Waals surface area contributed by atoms with Crippen molar-refractivity contribution in [2.45, 2.75) is 0 Å². The van der Waals surface area contributed by atoms with E-state index in [2.05, 4.69) is 30.9 Å². The molecule has 3 aromatic rings. The van der Waals surface area contributed by atoms with Gasteiger partial charge < -0.3 is 14.8 Å². The van der Waals surface area contributed by atoms with E-state index >= 15 is 0 Å². The van der Waals surface area contributed by atoms with Gasteiger partial charge in [-0.25, -0.2) is 14.8 Å². The van der Waals surface area contributed by atoms with Crippen LogP contribution in [0.15, 0.2) is 34.9 Å². The predicted molar refractivity (Wildman–Crippen MR) is 80.5 cm³/mol. The van der Waals surface area contributed by atoms with Gasteiger partial charge in [-0.2, -0.15) is 0 Å². The average Bonchev–Trinajstić information content (AvgIpc) is 2.90. The zero-order chi connectivity index (χ0) is 15.0. The Kier molecular flexibility index (Phi) is 3.34. The summed E-state index contributed by atoms with van der Waals surface area (Å²) in [5.41, 5.74) is 1.64. The minimum Gasteiger partial charge on any atom is -0.497 e. The molecular formula is C14H10BrN3O3. The Morgan fingerprint density at radius 2 is 2.24 bits per heavy atom. The number of ether oxygens (including phenoxy) is 1. The molecule has 2 aromatic heterocycles. The monoisotopic (exact) mass is 347 g/mol. The Bertz CT molecular complexity index is 845. The number of pyridine rings is 1. The molecule has 0 radical (unpaired) electrons. The number of carboxylic acids is 1. The summed E-state index contributed by atoms with van der Waals surface area (Å²) >= 11 is 3.20. The molecule has 0 atom stereocenters. The van der Waals surface area contributed by atoms with Crippen LogP contribution in [0.3, 0.4) is 0 Å². The largest absolute Gasteiger partial charge is 0.497 e. The summed E-state index contributed by atoms with van der Waals surface area (Å²) in [5.74, 6) is 0.188. The van der Waals surface area contributed by atoms with Crippen molar-refractivity contribution < 1.29 is 14.6 Å². The van der Waals surface area contributed by atoms with E-state index in [4.69, 9.17) is 4.74 Å². The van der Waals surface area contributed by atoms with E-state index in [1.165, 1.54) is 6.20 Å². The van der Waals surface area contributed by atoms with E-state index in [-0.39, 0.29) is 5.56 Å². The summed E-state index contributed by atoms with van der Waals surface area (Å²) in [6.45, 7) is 0. The highest BCUT2D eigenvalue weighted by Crippen LogP contribution is 2.27. The van der Waals surface area contributed by atoms with Crippen molar-refractivity contribution in [3.05, 3.63) is 40.5 Å². The van der Waals surface area contributed by atoms with Crippen molar-refractivity contribution in [1.29, 1.82) is 0 Å². The lowest BCUT2D eigenvalue weighted by Crippen LogP contribution is -2.00. The Balaban J connectivity index is 2.21. The van der Waals surface area contributed by atoms with Crippen LogP contribution in [-0.4, -0.2) is 33.1 Å². The Morgan fingerprint density at radius 3 is 2.95 bits per heavy atom. The maximum Gasteiger partial charge on any atom is 0.339 e. The van der Waals surface area contributed by atoms with Crippen LogP contribution < -0.4 is 4.74 Å². The molecule has 2 heterocycles. The van der Waals surface area contributed by atoms with Crippen LogP contribution in [0.2, 0.25) is 0 Å². The molecule has 0 saturated heterocycles. The SMILES string of the molecule is COc1cccc(-c2nc3ncc(Br)c(C(=O)O)c3[nH]2)c1. The normalized spacial score (nSPS) is 10.8.